The van der Waals surface area contributed by atoms with Crippen molar-refractivity contribution in [2.75, 3.05) is 26.2 Å². The fourth-order valence-corrected chi connectivity index (χ4v) is 3.44. The lowest BCUT2D eigenvalue weighted by atomic mass is 10.0. The molecule has 0 amide bonds. The normalized spacial score (nSPS) is 21.6. The zero-order valence-corrected chi connectivity index (χ0v) is 15.9. The molecule has 1 fully saturated rings. The van der Waals surface area contributed by atoms with E-state index in [1.54, 1.807) is 36.4 Å². The van der Waals surface area contributed by atoms with E-state index in [9.17, 15) is 9.90 Å². The van der Waals surface area contributed by atoms with Gasteiger partial charge in [-0.2, -0.15) is 0 Å². The van der Waals surface area contributed by atoms with Crippen LogP contribution < -0.4 is 4.74 Å². The number of benzene rings is 2. The second-order valence-corrected chi connectivity index (χ2v) is 7.16. The molecule has 3 atom stereocenters. The minimum absolute atomic E-state index is 0.0160. The minimum atomic E-state index is -0.576. The zero-order chi connectivity index (χ0) is 19.2. The van der Waals surface area contributed by atoms with Crippen LogP contribution in [-0.2, 0) is 4.74 Å². The molecule has 1 N–H and O–H groups in total. The molecule has 1 aliphatic rings. The van der Waals surface area contributed by atoms with Crippen molar-refractivity contribution in [1.29, 1.82) is 0 Å². The van der Waals surface area contributed by atoms with Crippen LogP contribution in [0.3, 0.4) is 0 Å². The van der Waals surface area contributed by atoms with E-state index in [2.05, 4.69) is 4.90 Å². The molecule has 144 valence electrons. The van der Waals surface area contributed by atoms with E-state index in [4.69, 9.17) is 9.47 Å². The Hall–Kier alpha value is -2.21. The third kappa shape index (κ3) is 5.63. The number of hydrogen-bond donors (Lipinski definition) is 1. The Balaban J connectivity index is 1.49. The summed E-state index contributed by atoms with van der Waals surface area (Å²) in [4.78, 5) is 14.6. The predicted octanol–water partition coefficient (Wildman–Crippen LogP) is 2.77. The number of aliphatic hydroxyl groups is 1. The largest absolute Gasteiger partial charge is 0.491 e. The molecule has 0 radical (unpaired) electrons. The van der Waals surface area contributed by atoms with Gasteiger partial charge in [0.25, 0.3) is 0 Å². The van der Waals surface area contributed by atoms with Crippen molar-refractivity contribution in [3.8, 4) is 5.75 Å². The summed E-state index contributed by atoms with van der Waals surface area (Å²) >= 11 is 0. The topological polar surface area (TPSA) is 59.0 Å². The number of ether oxygens (including phenoxy) is 2. The van der Waals surface area contributed by atoms with E-state index in [0.29, 0.717) is 23.4 Å². The number of morpholine rings is 1. The Labute approximate surface area is 160 Å². The van der Waals surface area contributed by atoms with Crippen LogP contribution in [0.15, 0.2) is 54.6 Å². The average Bonchev–Trinajstić information content (AvgIpc) is 2.66. The summed E-state index contributed by atoms with van der Waals surface area (Å²) in [5.74, 6) is 0.625. The van der Waals surface area contributed by atoms with Crippen LogP contribution in [0.1, 0.15) is 29.8 Å². The van der Waals surface area contributed by atoms with Crippen molar-refractivity contribution in [2.24, 2.45) is 0 Å². The number of hydrogen-bond acceptors (Lipinski definition) is 5. The third-order valence-corrected chi connectivity index (χ3v) is 4.56. The van der Waals surface area contributed by atoms with Gasteiger partial charge in [0.05, 0.1) is 12.2 Å². The van der Waals surface area contributed by atoms with Gasteiger partial charge >= 0.3 is 0 Å². The van der Waals surface area contributed by atoms with Crippen molar-refractivity contribution in [3.63, 3.8) is 0 Å². The molecule has 1 heterocycles. The number of rotatable bonds is 7. The average molecular weight is 369 g/mol. The Bertz CT molecular complexity index is 722. The number of ketones is 1. The summed E-state index contributed by atoms with van der Waals surface area (Å²) in [5, 5.41) is 10.3. The lowest BCUT2D eigenvalue weighted by molar-refractivity contribution is -0.0786. The molecule has 0 unspecified atom stereocenters. The summed E-state index contributed by atoms with van der Waals surface area (Å²) in [6, 6.07) is 16.2. The molecule has 1 aliphatic heterocycles. The highest BCUT2D eigenvalue weighted by molar-refractivity contribution is 6.08. The lowest BCUT2D eigenvalue weighted by Gasteiger charge is -2.36. The summed E-state index contributed by atoms with van der Waals surface area (Å²) in [7, 11) is 0. The first-order chi connectivity index (χ1) is 13.0. The zero-order valence-electron chi connectivity index (χ0n) is 15.9. The first-order valence-corrected chi connectivity index (χ1v) is 9.39. The maximum absolute atomic E-state index is 12.4. The highest BCUT2D eigenvalue weighted by Crippen LogP contribution is 2.16. The molecule has 27 heavy (non-hydrogen) atoms. The maximum atomic E-state index is 12.4. The molecule has 1 saturated heterocycles. The van der Waals surface area contributed by atoms with Gasteiger partial charge in [-0.25, -0.2) is 0 Å². The molecule has 2 aromatic carbocycles. The van der Waals surface area contributed by atoms with Gasteiger partial charge in [-0.15, -0.1) is 0 Å². The van der Waals surface area contributed by atoms with Crippen LogP contribution in [0.5, 0.6) is 5.75 Å². The van der Waals surface area contributed by atoms with Crippen molar-refractivity contribution < 1.29 is 19.4 Å². The second kappa shape index (κ2) is 9.13. The van der Waals surface area contributed by atoms with E-state index in [1.165, 1.54) is 0 Å². The Morgan fingerprint density at radius 3 is 2.30 bits per heavy atom. The van der Waals surface area contributed by atoms with Gasteiger partial charge in [0.15, 0.2) is 5.78 Å². The monoisotopic (exact) mass is 369 g/mol. The quantitative estimate of drug-likeness (QED) is 0.761. The molecule has 2 aromatic rings. The summed E-state index contributed by atoms with van der Waals surface area (Å²) in [6.45, 7) is 6.50. The predicted molar refractivity (Wildman–Crippen MR) is 104 cm³/mol. The number of carbonyl (C=O) groups is 1. The van der Waals surface area contributed by atoms with Gasteiger partial charge in [0.1, 0.15) is 18.5 Å². The highest BCUT2D eigenvalue weighted by Gasteiger charge is 2.24. The van der Waals surface area contributed by atoms with Gasteiger partial charge in [0.2, 0.25) is 0 Å². The van der Waals surface area contributed by atoms with Crippen molar-refractivity contribution in [2.45, 2.75) is 32.2 Å². The Kier molecular flexibility index (Phi) is 6.61. The van der Waals surface area contributed by atoms with Crippen LogP contribution >= 0.6 is 0 Å². The van der Waals surface area contributed by atoms with Gasteiger partial charge in [-0.3, -0.25) is 9.69 Å². The highest BCUT2D eigenvalue weighted by atomic mass is 16.5. The minimum Gasteiger partial charge on any atom is -0.491 e. The summed E-state index contributed by atoms with van der Waals surface area (Å²) < 4.78 is 11.4. The maximum Gasteiger partial charge on any atom is 0.193 e. The molecule has 0 aromatic heterocycles. The fraction of sp³-hybridized carbons (Fsp3) is 0.409. The van der Waals surface area contributed by atoms with E-state index in [-0.39, 0.29) is 24.6 Å². The molecule has 0 aliphatic carbocycles. The molecule has 0 saturated carbocycles. The summed E-state index contributed by atoms with van der Waals surface area (Å²) in [5.41, 5.74) is 1.28. The van der Waals surface area contributed by atoms with Crippen molar-refractivity contribution in [1.82, 2.24) is 4.90 Å². The summed E-state index contributed by atoms with van der Waals surface area (Å²) in [6.07, 6.45) is -0.221. The van der Waals surface area contributed by atoms with Gasteiger partial charge in [-0.1, -0.05) is 30.3 Å². The molecule has 3 rings (SSSR count). The van der Waals surface area contributed by atoms with Gasteiger partial charge in [0, 0.05) is 30.8 Å². The fourth-order valence-electron chi connectivity index (χ4n) is 3.44. The lowest BCUT2D eigenvalue weighted by Crippen LogP contribution is -2.48. The van der Waals surface area contributed by atoms with Crippen LogP contribution in [0, 0.1) is 0 Å². The Morgan fingerprint density at radius 2 is 1.67 bits per heavy atom. The van der Waals surface area contributed by atoms with Crippen LogP contribution in [0.2, 0.25) is 0 Å². The molecule has 0 bridgehead atoms. The first kappa shape index (κ1) is 19.5. The Morgan fingerprint density at radius 1 is 1.07 bits per heavy atom. The van der Waals surface area contributed by atoms with Crippen LogP contribution in [0.25, 0.3) is 0 Å². The molecular formula is C22H27NO4. The van der Waals surface area contributed by atoms with Crippen LogP contribution in [0.4, 0.5) is 0 Å². The van der Waals surface area contributed by atoms with Crippen molar-refractivity contribution >= 4 is 5.78 Å². The van der Waals surface area contributed by atoms with E-state index < -0.39 is 6.10 Å². The van der Waals surface area contributed by atoms with Gasteiger partial charge in [-0.05, 0) is 38.1 Å². The first-order valence-electron chi connectivity index (χ1n) is 9.39. The van der Waals surface area contributed by atoms with Crippen molar-refractivity contribution in [3.05, 3.63) is 65.7 Å². The number of carbonyl (C=O) groups excluding carboxylic acids is 1. The number of β-amino-alcohol motifs (C(OH)–C–C–N with tert-alkyl or cyclic N) is 1. The number of aliphatic hydroxyl groups excluding tert-OH is 1. The molecular weight excluding hydrogens is 342 g/mol. The van der Waals surface area contributed by atoms with E-state index in [0.717, 1.165) is 13.1 Å². The SMILES string of the molecule is C[C@@H]1CN(C[C@H](O)COc2ccc(C(=O)c3ccccc3)cc2)C[C@@H](C)O1. The standard InChI is InChI=1S/C22H27NO4/c1-16-12-23(13-17(2)27-16)14-20(24)15-26-21-10-8-19(9-11-21)22(25)18-6-4-3-5-7-18/h3-11,16-17,20,24H,12-15H2,1-2H3/t16-,17-,20+/m1/s1. The van der Waals surface area contributed by atoms with Crippen LogP contribution in [-0.4, -0.2) is 60.3 Å². The molecule has 5 heteroatoms. The smallest absolute Gasteiger partial charge is 0.193 e. The second-order valence-electron chi connectivity index (χ2n) is 7.16. The van der Waals surface area contributed by atoms with E-state index in [1.807, 2.05) is 32.0 Å². The molecule has 5 nitrogen and oxygen atoms in total. The third-order valence-electron chi connectivity index (χ3n) is 4.56. The number of nitrogens with zero attached hydrogens (tertiary/aromatic N) is 1. The van der Waals surface area contributed by atoms with Gasteiger partial charge < -0.3 is 14.6 Å². The molecule has 0 spiro atoms. The van der Waals surface area contributed by atoms with E-state index >= 15 is 0 Å².